The molecule has 0 radical (unpaired) electrons. The molecule has 9 atom stereocenters. The van der Waals surface area contributed by atoms with Crippen LogP contribution in [0.15, 0.2) is 48.1 Å². The molecule has 0 bridgehead atoms. The average Bonchev–Trinajstić information content (AvgIpc) is 2.80. The molecule has 7 heteroatoms. The topological polar surface area (TPSA) is 127 Å². The van der Waals surface area contributed by atoms with E-state index in [-0.39, 0.29) is 31.6 Å². The van der Waals surface area contributed by atoms with E-state index in [1.54, 1.807) is 13.0 Å². The van der Waals surface area contributed by atoms with E-state index in [2.05, 4.69) is 31.2 Å². The minimum atomic E-state index is -1.42. The smallest absolute Gasteiger partial charge is 0.306 e. The second-order valence-corrected chi connectivity index (χ2v) is 10.6. The van der Waals surface area contributed by atoms with Crippen molar-refractivity contribution in [2.75, 3.05) is 0 Å². The molecule has 36 heavy (non-hydrogen) atoms. The molecule has 5 N–H and O–H groups in total. The highest BCUT2D eigenvalue weighted by Gasteiger charge is 2.29. The Kier molecular flexibility index (Phi) is 15.1. The molecule has 1 aliphatic rings. The third-order valence-corrected chi connectivity index (χ3v) is 6.60. The summed E-state index contributed by atoms with van der Waals surface area (Å²) in [5.74, 6) is -0.600. The summed E-state index contributed by atoms with van der Waals surface area (Å²) in [6, 6.07) is 0. The molecule has 7 nitrogen and oxygen atoms in total. The number of hydrogen-bond acceptors (Lipinski definition) is 7. The van der Waals surface area contributed by atoms with Crippen LogP contribution in [0.1, 0.15) is 73.1 Å². The Hall–Kier alpha value is -1.77. The van der Waals surface area contributed by atoms with Gasteiger partial charge in [-0.05, 0) is 51.4 Å². The van der Waals surface area contributed by atoms with Crippen LogP contribution in [-0.2, 0) is 9.53 Å². The van der Waals surface area contributed by atoms with Gasteiger partial charge in [0.05, 0.1) is 18.3 Å². The lowest BCUT2D eigenvalue weighted by Gasteiger charge is -2.27. The van der Waals surface area contributed by atoms with Gasteiger partial charge in [-0.2, -0.15) is 0 Å². The number of carbonyl (C=O) groups excluding carboxylic acids is 1. The van der Waals surface area contributed by atoms with Crippen LogP contribution in [0.3, 0.4) is 0 Å². The van der Waals surface area contributed by atoms with E-state index in [0.717, 1.165) is 6.42 Å². The Balaban J connectivity index is 2.93. The first-order valence-corrected chi connectivity index (χ1v) is 13.2. The fraction of sp³-hybridized carbons (Fsp3) is 0.690. The monoisotopic (exact) mass is 508 g/mol. The SMILES string of the molecule is CC(C)=C/C=C/C(C)C/C=C/C(C)C1C/C=C/C(O)C(O)C(O)CC(C)C(O)CC(O)CCC(=O)O1. The lowest BCUT2D eigenvalue weighted by molar-refractivity contribution is -0.151. The number of allylic oxidation sites excluding steroid dienone is 5. The number of rotatable bonds is 6. The lowest BCUT2D eigenvalue weighted by atomic mass is 9.90. The standard InChI is InChI=1S/C29H48O7/c1-19(2)9-6-10-20(3)11-7-12-21(4)27-14-8-13-24(31)29(35)26(33)17-22(5)25(32)18-23(30)15-16-28(34)36-27/h6-10,12-13,20-27,29-33,35H,11,14-18H2,1-5H3/b10-6+,12-7+,13-8+. The van der Waals surface area contributed by atoms with Crippen molar-refractivity contribution >= 4 is 5.97 Å². The molecule has 0 spiro atoms. The maximum atomic E-state index is 12.5. The maximum absolute atomic E-state index is 12.5. The Morgan fingerprint density at radius 2 is 1.78 bits per heavy atom. The molecule has 0 aromatic carbocycles. The van der Waals surface area contributed by atoms with Crippen LogP contribution in [-0.4, -0.2) is 68.1 Å². The Bertz CT molecular complexity index is 753. The zero-order valence-electron chi connectivity index (χ0n) is 22.5. The van der Waals surface area contributed by atoms with Crippen LogP contribution >= 0.6 is 0 Å². The van der Waals surface area contributed by atoms with Crippen molar-refractivity contribution in [3.63, 3.8) is 0 Å². The fourth-order valence-electron chi connectivity index (χ4n) is 4.03. The van der Waals surface area contributed by atoms with Crippen molar-refractivity contribution in [1.29, 1.82) is 0 Å². The van der Waals surface area contributed by atoms with Gasteiger partial charge in [-0.15, -0.1) is 0 Å². The first kappa shape index (κ1) is 32.3. The number of ether oxygens (including phenoxy) is 1. The lowest BCUT2D eigenvalue weighted by Crippen LogP contribution is -2.39. The van der Waals surface area contributed by atoms with Crippen molar-refractivity contribution in [2.45, 2.75) is 110 Å². The normalized spacial score (nSPS) is 34.3. The maximum Gasteiger partial charge on any atom is 0.306 e. The van der Waals surface area contributed by atoms with Gasteiger partial charge in [0.25, 0.3) is 0 Å². The molecular weight excluding hydrogens is 460 g/mol. The number of aliphatic hydroxyl groups excluding tert-OH is 5. The molecule has 0 fully saturated rings. The molecule has 1 aliphatic heterocycles. The molecule has 1 heterocycles. The van der Waals surface area contributed by atoms with Crippen LogP contribution in [0, 0.1) is 17.8 Å². The number of aliphatic hydroxyl groups is 5. The number of hydrogen-bond donors (Lipinski definition) is 5. The van der Waals surface area contributed by atoms with Gasteiger partial charge in [-0.3, -0.25) is 4.79 Å². The molecule has 0 aliphatic carbocycles. The quantitative estimate of drug-likeness (QED) is 0.211. The minimum Gasteiger partial charge on any atom is -0.461 e. The molecule has 9 unspecified atom stereocenters. The predicted molar refractivity (Wildman–Crippen MR) is 142 cm³/mol. The predicted octanol–water partition coefficient (Wildman–Crippen LogP) is 3.60. The van der Waals surface area contributed by atoms with E-state index in [9.17, 15) is 30.3 Å². The molecule has 0 saturated carbocycles. The molecule has 0 aromatic heterocycles. The van der Waals surface area contributed by atoms with E-state index in [1.165, 1.54) is 11.6 Å². The van der Waals surface area contributed by atoms with Gasteiger partial charge in [0.2, 0.25) is 0 Å². The van der Waals surface area contributed by atoms with E-state index in [1.807, 2.05) is 26.8 Å². The number of carbonyl (C=O) groups is 1. The second-order valence-electron chi connectivity index (χ2n) is 10.6. The van der Waals surface area contributed by atoms with Crippen LogP contribution in [0.5, 0.6) is 0 Å². The van der Waals surface area contributed by atoms with Gasteiger partial charge >= 0.3 is 5.97 Å². The van der Waals surface area contributed by atoms with Crippen molar-refractivity contribution < 1.29 is 35.1 Å². The van der Waals surface area contributed by atoms with E-state index in [0.29, 0.717) is 12.3 Å². The van der Waals surface area contributed by atoms with Gasteiger partial charge in [-0.25, -0.2) is 0 Å². The highest BCUT2D eigenvalue weighted by molar-refractivity contribution is 5.69. The average molecular weight is 509 g/mol. The molecule has 0 amide bonds. The summed E-state index contributed by atoms with van der Waals surface area (Å²) in [6.45, 7) is 9.88. The molecule has 1 rings (SSSR count). The summed E-state index contributed by atoms with van der Waals surface area (Å²) < 4.78 is 5.71. The van der Waals surface area contributed by atoms with E-state index >= 15 is 0 Å². The summed E-state index contributed by atoms with van der Waals surface area (Å²) in [5, 5.41) is 51.5. The third-order valence-electron chi connectivity index (χ3n) is 6.60. The van der Waals surface area contributed by atoms with Crippen molar-refractivity contribution in [3.05, 3.63) is 48.1 Å². The minimum absolute atomic E-state index is 0.0229. The fourth-order valence-corrected chi connectivity index (χ4v) is 4.03. The van der Waals surface area contributed by atoms with Gasteiger partial charge in [0, 0.05) is 18.8 Å². The molecular formula is C29H48O7. The van der Waals surface area contributed by atoms with Gasteiger partial charge in [0.1, 0.15) is 18.3 Å². The zero-order chi connectivity index (χ0) is 27.3. The second kappa shape index (κ2) is 16.9. The zero-order valence-corrected chi connectivity index (χ0v) is 22.5. The van der Waals surface area contributed by atoms with Gasteiger partial charge < -0.3 is 30.3 Å². The molecule has 0 saturated heterocycles. The summed E-state index contributed by atoms with van der Waals surface area (Å²) in [5.41, 5.74) is 1.24. The van der Waals surface area contributed by atoms with E-state index < -0.39 is 48.5 Å². The van der Waals surface area contributed by atoms with Crippen molar-refractivity contribution in [1.82, 2.24) is 0 Å². The van der Waals surface area contributed by atoms with E-state index in [4.69, 9.17) is 4.74 Å². The molecule has 0 aromatic rings. The Labute approximate surface area is 216 Å². The highest BCUT2D eigenvalue weighted by atomic mass is 16.5. The van der Waals surface area contributed by atoms with Crippen LogP contribution < -0.4 is 0 Å². The largest absolute Gasteiger partial charge is 0.461 e. The van der Waals surface area contributed by atoms with Crippen LogP contribution in [0.25, 0.3) is 0 Å². The summed E-state index contributed by atoms with van der Waals surface area (Å²) >= 11 is 0. The Morgan fingerprint density at radius 1 is 1.08 bits per heavy atom. The molecule has 206 valence electrons. The first-order valence-electron chi connectivity index (χ1n) is 13.2. The summed E-state index contributed by atoms with van der Waals surface area (Å²) in [6.07, 6.45) is 8.56. The van der Waals surface area contributed by atoms with Crippen molar-refractivity contribution in [2.24, 2.45) is 17.8 Å². The number of esters is 1. The van der Waals surface area contributed by atoms with Gasteiger partial charge in [-0.1, -0.05) is 68.9 Å². The highest BCUT2D eigenvalue weighted by Crippen LogP contribution is 2.22. The summed E-state index contributed by atoms with van der Waals surface area (Å²) in [4.78, 5) is 12.5. The third kappa shape index (κ3) is 13.0. The van der Waals surface area contributed by atoms with Gasteiger partial charge in [0.15, 0.2) is 0 Å². The Morgan fingerprint density at radius 3 is 2.44 bits per heavy atom. The number of cyclic esters (lactones) is 1. The summed E-state index contributed by atoms with van der Waals surface area (Å²) in [7, 11) is 0. The van der Waals surface area contributed by atoms with Crippen LogP contribution in [0.4, 0.5) is 0 Å². The van der Waals surface area contributed by atoms with Crippen molar-refractivity contribution in [3.8, 4) is 0 Å². The first-order chi connectivity index (χ1) is 16.9. The van der Waals surface area contributed by atoms with Crippen LogP contribution in [0.2, 0.25) is 0 Å².